The zero-order valence-electron chi connectivity index (χ0n) is 19.1. The number of Topliss-reactive ketones (excluding diaryl/α,β-unsaturated/α-hetero) is 1. The molecule has 182 valence electrons. The van der Waals surface area contributed by atoms with Crippen LogP contribution >= 0.6 is 23.4 Å². The number of carboxylic acids is 1. The quantitative estimate of drug-likeness (QED) is 0.482. The Labute approximate surface area is 211 Å². The Balaban J connectivity index is 1.45. The van der Waals surface area contributed by atoms with Crippen molar-refractivity contribution in [3.63, 3.8) is 0 Å². The molecule has 2 aliphatic rings. The molecule has 2 aromatic carbocycles. The van der Waals surface area contributed by atoms with Gasteiger partial charge in [0, 0.05) is 46.8 Å². The van der Waals surface area contributed by atoms with E-state index in [9.17, 15) is 19.5 Å². The molecular formula is C26H24ClFN2O4S. The Bertz CT molecular complexity index is 1370. The summed E-state index contributed by atoms with van der Waals surface area (Å²) in [6.07, 6.45) is 2.86. The maximum absolute atomic E-state index is 15.2. The molecule has 3 aromatic rings. The third-order valence-corrected chi connectivity index (χ3v) is 8.73. The first kappa shape index (κ1) is 23.9. The van der Waals surface area contributed by atoms with Gasteiger partial charge in [0.25, 0.3) is 0 Å². The molecule has 1 aliphatic heterocycles. The van der Waals surface area contributed by atoms with Crippen LogP contribution in [0.3, 0.4) is 0 Å². The van der Waals surface area contributed by atoms with E-state index in [0.29, 0.717) is 47.7 Å². The molecule has 9 heteroatoms. The van der Waals surface area contributed by atoms with Crippen LogP contribution in [0.5, 0.6) is 0 Å². The number of hydrogen-bond acceptors (Lipinski definition) is 4. The second kappa shape index (κ2) is 8.99. The molecular weight excluding hydrogens is 491 g/mol. The second-order valence-corrected chi connectivity index (χ2v) is 11.0. The van der Waals surface area contributed by atoms with Gasteiger partial charge in [-0.3, -0.25) is 9.59 Å². The first-order chi connectivity index (χ1) is 16.7. The zero-order valence-corrected chi connectivity index (χ0v) is 20.7. The average molecular weight is 515 g/mol. The largest absolute Gasteiger partial charge is 0.478 e. The lowest BCUT2D eigenvalue weighted by atomic mass is 9.62. The number of halogens is 2. The highest BCUT2D eigenvalue weighted by Gasteiger charge is 2.45. The lowest BCUT2D eigenvalue weighted by Crippen LogP contribution is -2.49. The van der Waals surface area contributed by atoms with Gasteiger partial charge in [-0.2, -0.15) is 0 Å². The van der Waals surface area contributed by atoms with Crippen molar-refractivity contribution in [2.45, 2.75) is 48.9 Å². The van der Waals surface area contributed by atoms with E-state index < -0.39 is 11.8 Å². The van der Waals surface area contributed by atoms with Crippen LogP contribution in [-0.2, 0) is 16.1 Å². The van der Waals surface area contributed by atoms with Crippen molar-refractivity contribution < 1.29 is 23.9 Å². The first-order valence-corrected chi connectivity index (χ1v) is 12.6. The Morgan fingerprint density at radius 3 is 2.54 bits per heavy atom. The summed E-state index contributed by atoms with van der Waals surface area (Å²) in [4.78, 5) is 39.3. The minimum Gasteiger partial charge on any atom is -0.478 e. The van der Waals surface area contributed by atoms with Gasteiger partial charge < -0.3 is 14.6 Å². The fraction of sp³-hybridized carbons (Fsp3) is 0.346. The molecule has 0 bridgehead atoms. The van der Waals surface area contributed by atoms with Crippen molar-refractivity contribution in [2.24, 2.45) is 5.41 Å². The number of amides is 1. The zero-order chi connectivity index (χ0) is 24.9. The Morgan fingerprint density at radius 1 is 1.17 bits per heavy atom. The average Bonchev–Trinajstić information content (AvgIpc) is 3.07. The van der Waals surface area contributed by atoms with Gasteiger partial charge in [0.2, 0.25) is 5.91 Å². The SMILES string of the molecule is Cc1c(Sc2cccc(C(=O)O)c2)c2ccc(Cl)c(F)c2n1CC(=O)N1CCC2(CC1)CC(=O)C2. The van der Waals surface area contributed by atoms with Crippen molar-refractivity contribution in [1.29, 1.82) is 0 Å². The maximum Gasteiger partial charge on any atom is 0.335 e. The number of aromatic carboxylic acids is 1. The Morgan fingerprint density at radius 2 is 1.89 bits per heavy atom. The van der Waals surface area contributed by atoms with E-state index in [1.54, 1.807) is 33.7 Å². The standard InChI is InChI=1S/C26H24ClFN2O4S/c1-15-24(35-18-4-2-3-16(11-18)25(33)34)19-5-6-20(27)22(28)23(19)30(15)14-21(32)29-9-7-26(8-10-29)12-17(31)13-26/h2-6,11H,7-10,12-14H2,1H3,(H,33,34). The van der Waals surface area contributed by atoms with Crippen molar-refractivity contribution in [1.82, 2.24) is 9.47 Å². The second-order valence-electron chi connectivity index (χ2n) is 9.47. The van der Waals surface area contributed by atoms with Gasteiger partial charge in [0.15, 0.2) is 5.82 Å². The normalized spacial score (nSPS) is 17.1. The number of carboxylic acid groups (broad SMARTS) is 1. The minimum atomic E-state index is -1.02. The van der Waals surface area contributed by atoms with E-state index in [-0.39, 0.29) is 34.0 Å². The number of carbonyl (C=O) groups excluding carboxylic acids is 2. The molecule has 1 aromatic heterocycles. The molecule has 1 spiro atoms. The van der Waals surface area contributed by atoms with Crippen LogP contribution in [0.4, 0.5) is 4.39 Å². The minimum absolute atomic E-state index is 0.0253. The molecule has 1 aliphatic carbocycles. The third-order valence-electron chi connectivity index (χ3n) is 7.23. The van der Waals surface area contributed by atoms with Crippen molar-refractivity contribution >= 4 is 51.9 Å². The molecule has 1 N–H and O–H groups in total. The predicted octanol–water partition coefficient (Wildman–Crippen LogP) is 5.56. The fourth-order valence-electron chi connectivity index (χ4n) is 5.21. The van der Waals surface area contributed by atoms with Gasteiger partial charge in [-0.05, 0) is 55.5 Å². The molecule has 5 rings (SSSR count). The van der Waals surface area contributed by atoms with Crippen LogP contribution < -0.4 is 0 Å². The highest BCUT2D eigenvalue weighted by molar-refractivity contribution is 7.99. The monoisotopic (exact) mass is 514 g/mol. The molecule has 2 fully saturated rings. The number of fused-ring (bicyclic) bond motifs is 1. The van der Waals surface area contributed by atoms with E-state index >= 15 is 4.39 Å². The first-order valence-electron chi connectivity index (χ1n) is 11.4. The van der Waals surface area contributed by atoms with Crippen molar-refractivity contribution in [3.05, 3.63) is 58.5 Å². The Kier molecular flexibility index (Phi) is 6.13. The third kappa shape index (κ3) is 4.34. The maximum atomic E-state index is 15.2. The molecule has 0 atom stereocenters. The van der Waals surface area contributed by atoms with Crippen LogP contribution in [-0.4, -0.2) is 45.3 Å². The number of aromatic nitrogens is 1. The highest BCUT2D eigenvalue weighted by atomic mass is 35.5. The molecule has 35 heavy (non-hydrogen) atoms. The van der Waals surface area contributed by atoms with E-state index in [1.165, 1.54) is 23.9 Å². The van der Waals surface area contributed by atoms with Crippen LogP contribution in [0.2, 0.25) is 5.02 Å². The van der Waals surface area contributed by atoms with Gasteiger partial charge >= 0.3 is 5.97 Å². The molecule has 1 amide bonds. The molecule has 6 nitrogen and oxygen atoms in total. The van der Waals surface area contributed by atoms with Crippen LogP contribution in [0.1, 0.15) is 41.7 Å². The summed E-state index contributed by atoms with van der Waals surface area (Å²) in [6, 6.07) is 9.78. The number of ketones is 1. The van der Waals surface area contributed by atoms with Crippen LogP contribution in [0.25, 0.3) is 10.9 Å². The van der Waals surface area contributed by atoms with Crippen molar-refractivity contribution in [2.75, 3.05) is 13.1 Å². The van der Waals surface area contributed by atoms with E-state index in [2.05, 4.69) is 0 Å². The topological polar surface area (TPSA) is 79.6 Å². The van der Waals surface area contributed by atoms with Gasteiger partial charge in [0.05, 0.1) is 16.1 Å². The Hall–Kier alpha value is -2.84. The fourth-order valence-corrected chi connectivity index (χ4v) is 6.47. The summed E-state index contributed by atoms with van der Waals surface area (Å²) in [5, 5.41) is 9.92. The lowest BCUT2D eigenvalue weighted by molar-refractivity contribution is -0.140. The predicted molar refractivity (Wildman–Crippen MR) is 132 cm³/mol. The number of piperidine rings is 1. The number of nitrogens with zero attached hydrogens (tertiary/aromatic N) is 2. The van der Waals surface area contributed by atoms with E-state index in [0.717, 1.165) is 17.7 Å². The number of likely N-dealkylation sites (tertiary alicyclic amines) is 1. The summed E-state index contributed by atoms with van der Waals surface area (Å²) >= 11 is 7.44. The smallest absolute Gasteiger partial charge is 0.335 e. The molecule has 1 saturated heterocycles. The summed E-state index contributed by atoms with van der Waals surface area (Å²) in [6.45, 7) is 2.99. The molecule has 0 unspecified atom stereocenters. The highest BCUT2D eigenvalue weighted by Crippen LogP contribution is 2.47. The van der Waals surface area contributed by atoms with Gasteiger partial charge in [-0.15, -0.1) is 0 Å². The number of hydrogen-bond donors (Lipinski definition) is 1. The molecule has 2 heterocycles. The van der Waals surface area contributed by atoms with Crippen molar-refractivity contribution in [3.8, 4) is 0 Å². The number of carbonyl (C=O) groups is 3. The van der Waals surface area contributed by atoms with Gasteiger partial charge in [-0.25, -0.2) is 9.18 Å². The molecule has 1 saturated carbocycles. The van der Waals surface area contributed by atoms with Crippen LogP contribution in [0.15, 0.2) is 46.2 Å². The summed E-state index contributed by atoms with van der Waals surface area (Å²) < 4.78 is 16.9. The summed E-state index contributed by atoms with van der Waals surface area (Å²) in [5.41, 5.74) is 1.20. The summed E-state index contributed by atoms with van der Waals surface area (Å²) in [7, 11) is 0. The number of rotatable bonds is 5. The van der Waals surface area contributed by atoms with Gasteiger partial charge in [-0.1, -0.05) is 29.4 Å². The van der Waals surface area contributed by atoms with E-state index in [1.807, 2.05) is 6.92 Å². The van der Waals surface area contributed by atoms with Crippen LogP contribution in [0, 0.1) is 18.2 Å². The molecule has 0 radical (unpaired) electrons. The van der Waals surface area contributed by atoms with E-state index in [4.69, 9.17) is 11.6 Å². The van der Waals surface area contributed by atoms with Gasteiger partial charge in [0.1, 0.15) is 12.3 Å². The summed E-state index contributed by atoms with van der Waals surface area (Å²) in [5.74, 6) is -1.42. The lowest BCUT2D eigenvalue weighted by Gasteiger charge is -2.46. The number of benzene rings is 2.